The molecule has 0 amide bonds. The largest absolute Gasteiger partial charge is 0.299 e. The van der Waals surface area contributed by atoms with Crippen molar-refractivity contribution < 1.29 is 4.79 Å². The van der Waals surface area contributed by atoms with Crippen LogP contribution < -0.4 is 0 Å². The van der Waals surface area contributed by atoms with Gasteiger partial charge in [0.1, 0.15) is 5.78 Å². The van der Waals surface area contributed by atoms with Gasteiger partial charge < -0.3 is 0 Å². The summed E-state index contributed by atoms with van der Waals surface area (Å²) < 4.78 is 0. The van der Waals surface area contributed by atoms with Crippen LogP contribution in [0.2, 0.25) is 0 Å². The van der Waals surface area contributed by atoms with E-state index in [9.17, 15) is 4.79 Å². The van der Waals surface area contributed by atoms with Crippen LogP contribution in [0.25, 0.3) is 10.8 Å². The summed E-state index contributed by atoms with van der Waals surface area (Å²) in [4.78, 5) is 12.7. The molecular formula is C26H28O. The highest BCUT2D eigenvalue weighted by molar-refractivity contribution is 5.92. The van der Waals surface area contributed by atoms with Crippen molar-refractivity contribution in [3.05, 3.63) is 59.2 Å². The topological polar surface area (TPSA) is 17.1 Å². The van der Waals surface area contributed by atoms with Crippen LogP contribution in [0.4, 0.5) is 0 Å². The summed E-state index contributed by atoms with van der Waals surface area (Å²) in [5.41, 5.74) is 4.51. The van der Waals surface area contributed by atoms with Crippen LogP contribution in [0.5, 0.6) is 0 Å². The van der Waals surface area contributed by atoms with E-state index in [0.717, 1.165) is 12.3 Å². The van der Waals surface area contributed by atoms with Crippen LogP contribution in [0.15, 0.2) is 42.5 Å². The Labute approximate surface area is 161 Å². The summed E-state index contributed by atoms with van der Waals surface area (Å²) in [7, 11) is 0. The Kier molecular flexibility index (Phi) is 3.46. The molecule has 0 saturated heterocycles. The van der Waals surface area contributed by atoms with E-state index in [-0.39, 0.29) is 5.41 Å². The van der Waals surface area contributed by atoms with Gasteiger partial charge in [0.15, 0.2) is 0 Å². The monoisotopic (exact) mass is 356 g/mol. The maximum absolute atomic E-state index is 12.7. The highest BCUT2D eigenvalue weighted by Gasteiger charge is 2.52. The number of hydrogen-bond acceptors (Lipinski definition) is 1. The molecule has 1 heteroatoms. The Morgan fingerprint density at radius 3 is 2.67 bits per heavy atom. The van der Waals surface area contributed by atoms with Gasteiger partial charge in [0.05, 0.1) is 0 Å². The zero-order valence-corrected chi connectivity index (χ0v) is 16.0. The Bertz CT molecular complexity index is 962. The standard InChI is InChI=1S/C26H28O/c27-22-13-20-12-19-7-4-8-23(18-5-2-1-3-6-18)24(19)14-25(20)26(16-22)15-17-9-10-21(26)11-17/h4,7-10,12,14,17-18,21H,1-3,5-6,11,13,15-16H2. The molecule has 3 unspecified atom stereocenters. The lowest BCUT2D eigenvalue weighted by atomic mass is 9.62. The Morgan fingerprint density at radius 2 is 1.89 bits per heavy atom. The van der Waals surface area contributed by atoms with Crippen LogP contribution in [-0.4, -0.2) is 5.78 Å². The number of allylic oxidation sites excluding steroid dienone is 2. The van der Waals surface area contributed by atoms with Gasteiger partial charge in [0.25, 0.3) is 0 Å². The second kappa shape index (κ2) is 5.80. The van der Waals surface area contributed by atoms with Crippen LogP contribution in [-0.2, 0) is 16.6 Å². The Balaban J connectivity index is 1.55. The first-order valence-electron chi connectivity index (χ1n) is 11.0. The van der Waals surface area contributed by atoms with Crippen molar-refractivity contribution in [3.63, 3.8) is 0 Å². The van der Waals surface area contributed by atoms with Gasteiger partial charge in [-0.05, 0) is 77.0 Å². The quantitative estimate of drug-likeness (QED) is 0.553. The van der Waals surface area contributed by atoms with Gasteiger partial charge >= 0.3 is 0 Å². The third-order valence-corrected chi connectivity index (χ3v) is 8.13. The summed E-state index contributed by atoms with van der Waals surface area (Å²) in [5, 5.41) is 2.82. The van der Waals surface area contributed by atoms with Gasteiger partial charge in [-0.1, -0.05) is 55.7 Å². The molecule has 0 aliphatic heterocycles. The molecule has 4 aliphatic carbocycles. The highest BCUT2D eigenvalue weighted by atomic mass is 16.1. The molecule has 0 heterocycles. The number of carbonyl (C=O) groups is 1. The molecule has 3 atom stereocenters. The molecule has 2 fully saturated rings. The number of rotatable bonds is 1. The molecule has 4 aliphatic rings. The lowest BCUT2D eigenvalue weighted by molar-refractivity contribution is -0.120. The molecular weight excluding hydrogens is 328 g/mol. The van der Waals surface area contributed by atoms with Crippen molar-refractivity contribution in [2.45, 2.75) is 69.1 Å². The van der Waals surface area contributed by atoms with E-state index < -0.39 is 0 Å². The summed E-state index contributed by atoms with van der Waals surface area (Å²) >= 11 is 0. The Hall–Kier alpha value is -1.89. The minimum absolute atomic E-state index is 0.0952. The van der Waals surface area contributed by atoms with Gasteiger partial charge in [-0.3, -0.25) is 4.79 Å². The molecule has 2 bridgehead atoms. The molecule has 2 aromatic rings. The zero-order valence-electron chi connectivity index (χ0n) is 16.0. The molecule has 6 rings (SSSR count). The fourth-order valence-electron chi connectivity index (χ4n) is 6.97. The van der Waals surface area contributed by atoms with Crippen molar-refractivity contribution >= 4 is 16.6 Å². The second-order valence-electron chi connectivity index (χ2n) is 9.65. The summed E-state index contributed by atoms with van der Waals surface area (Å²) in [6, 6.07) is 11.8. The number of ketones is 1. The second-order valence-corrected chi connectivity index (χ2v) is 9.65. The molecule has 138 valence electrons. The van der Waals surface area contributed by atoms with E-state index in [4.69, 9.17) is 0 Å². The van der Waals surface area contributed by atoms with Crippen LogP contribution in [0.1, 0.15) is 74.0 Å². The first kappa shape index (κ1) is 16.1. The molecule has 1 spiro atoms. The number of fused-ring (bicyclic) bond motifs is 6. The first-order valence-corrected chi connectivity index (χ1v) is 11.0. The van der Waals surface area contributed by atoms with E-state index in [1.807, 2.05) is 0 Å². The fourth-order valence-corrected chi connectivity index (χ4v) is 6.97. The molecule has 0 aromatic heterocycles. The number of benzene rings is 2. The third-order valence-electron chi connectivity index (χ3n) is 8.13. The fraction of sp³-hybridized carbons (Fsp3) is 0.500. The van der Waals surface area contributed by atoms with Gasteiger partial charge in [-0.25, -0.2) is 0 Å². The normalized spacial score (nSPS) is 32.5. The predicted octanol–water partition coefficient (Wildman–Crippen LogP) is 6.24. The van der Waals surface area contributed by atoms with Crippen LogP contribution >= 0.6 is 0 Å². The third kappa shape index (κ3) is 2.33. The minimum Gasteiger partial charge on any atom is -0.299 e. The molecule has 0 radical (unpaired) electrons. The predicted molar refractivity (Wildman–Crippen MR) is 110 cm³/mol. The average molecular weight is 357 g/mol. The van der Waals surface area contributed by atoms with E-state index in [2.05, 4.69) is 42.5 Å². The van der Waals surface area contributed by atoms with Gasteiger partial charge in [-0.15, -0.1) is 0 Å². The van der Waals surface area contributed by atoms with Crippen molar-refractivity contribution in [1.82, 2.24) is 0 Å². The smallest absolute Gasteiger partial charge is 0.138 e. The number of hydrogen-bond donors (Lipinski definition) is 0. The zero-order chi connectivity index (χ0) is 18.0. The van der Waals surface area contributed by atoms with Crippen LogP contribution in [0.3, 0.4) is 0 Å². The molecule has 2 saturated carbocycles. The van der Waals surface area contributed by atoms with E-state index >= 15 is 0 Å². The van der Waals surface area contributed by atoms with Gasteiger partial charge in [0.2, 0.25) is 0 Å². The van der Waals surface area contributed by atoms with Gasteiger partial charge in [0, 0.05) is 18.3 Å². The Morgan fingerprint density at radius 1 is 1.00 bits per heavy atom. The van der Waals surface area contributed by atoms with E-state index in [0.29, 0.717) is 24.0 Å². The van der Waals surface area contributed by atoms with Crippen molar-refractivity contribution in [2.24, 2.45) is 11.8 Å². The molecule has 0 N–H and O–H groups in total. The molecule has 2 aromatic carbocycles. The van der Waals surface area contributed by atoms with E-state index in [1.54, 1.807) is 5.56 Å². The maximum Gasteiger partial charge on any atom is 0.138 e. The lowest BCUT2D eigenvalue weighted by Gasteiger charge is -2.41. The van der Waals surface area contributed by atoms with Crippen molar-refractivity contribution in [3.8, 4) is 0 Å². The number of carbonyl (C=O) groups excluding carboxylic acids is 1. The summed E-state index contributed by atoms with van der Waals surface area (Å²) in [6.45, 7) is 0. The van der Waals surface area contributed by atoms with Crippen molar-refractivity contribution in [2.75, 3.05) is 0 Å². The number of Topliss-reactive ketones (excluding diaryl/α,β-unsaturated/α-hetero) is 1. The van der Waals surface area contributed by atoms with E-state index in [1.165, 1.54) is 66.8 Å². The minimum atomic E-state index is 0.0952. The maximum atomic E-state index is 12.7. The SMILES string of the molecule is O=C1Cc2cc3cccc(C4CCCCC4)c3cc2C2(C1)CC1C=CC2C1. The average Bonchev–Trinajstić information content (AvgIpc) is 3.28. The highest BCUT2D eigenvalue weighted by Crippen LogP contribution is 2.58. The molecule has 1 nitrogen and oxygen atoms in total. The van der Waals surface area contributed by atoms with Crippen LogP contribution in [0, 0.1) is 11.8 Å². The summed E-state index contributed by atoms with van der Waals surface area (Å²) in [6.07, 6.45) is 15.5. The summed E-state index contributed by atoms with van der Waals surface area (Å²) in [5.74, 6) is 2.44. The first-order chi connectivity index (χ1) is 13.2. The van der Waals surface area contributed by atoms with Gasteiger partial charge in [-0.2, -0.15) is 0 Å². The lowest BCUT2D eigenvalue weighted by Crippen LogP contribution is -2.38. The van der Waals surface area contributed by atoms with Crippen molar-refractivity contribution in [1.29, 1.82) is 0 Å². The molecule has 27 heavy (non-hydrogen) atoms.